The molecule has 0 bridgehead atoms. The van der Waals surface area contributed by atoms with Gasteiger partial charge in [0, 0.05) is 25.6 Å². The molecular weight excluding hydrogens is 440 g/mol. The lowest BCUT2D eigenvalue weighted by atomic mass is 9.94. The zero-order valence-corrected chi connectivity index (χ0v) is 21.0. The number of likely N-dealkylation sites (tertiary alicyclic amines) is 1. The molecule has 8 nitrogen and oxygen atoms in total. The lowest BCUT2D eigenvalue weighted by Gasteiger charge is -2.33. The van der Waals surface area contributed by atoms with Crippen molar-refractivity contribution >= 4 is 29.5 Å². The molecular formula is C24H38N4O4S. The molecule has 0 unspecified atom stereocenters. The Hall–Kier alpha value is -2.26. The molecule has 1 aromatic carbocycles. The number of benzene rings is 1. The number of carbonyl (C=O) groups is 3. The van der Waals surface area contributed by atoms with Gasteiger partial charge in [0.1, 0.15) is 11.8 Å². The van der Waals surface area contributed by atoms with E-state index in [2.05, 4.69) is 10.6 Å². The topological polar surface area (TPSA) is 114 Å². The van der Waals surface area contributed by atoms with Crippen molar-refractivity contribution in [3.8, 4) is 5.75 Å². The van der Waals surface area contributed by atoms with Gasteiger partial charge in [-0.3, -0.25) is 14.4 Å². The molecule has 184 valence electrons. The van der Waals surface area contributed by atoms with Crippen LogP contribution in [0.15, 0.2) is 24.3 Å². The largest absolute Gasteiger partial charge is 0.497 e. The second-order valence-corrected chi connectivity index (χ2v) is 9.77. The van der Waals surface area contributed by atoms with Gasteiger partial charge in [0.2, 0.25) is 17.7 Å². The maximum atomic E-state index is 12.9. The van der Waals surface area contributed by atoms with E-state index in [9.17, 15) is 14.4 Å². The highest BCUT2D eigenvalue weighted by atomic mass is 32.2. The Morgan fingerprint density at radius 3 is 2.36 bits per heavy atom. The average molecular weight is 479 g/mol. The maximum Gasteiger partial charge on any atom is 0.243 e. The number of ether oxygens (including phenoxy) is 1. The molecule has 33 heavy (non-hydrogen) atoms. The highest BCUT2D eigenvalue weighted by Crippen LogP contribution is 2.19. The van der Waals surface area contributed by atoms with Crippen LogP contribution in [-0.4, -0.2) is 66.9 Å². The molecule has 3 amide bonds. The molecule has 2 atom stereocenters. The summed E-state index contributed by atoms with van der Waals surface area (Å²) in [5.41, 5.74) is 6.96. The number of thioether (sulfide) groups is 1. The van der Waals surface area contributed by atoms with E-state index in [0.717, 1.165) is 17.1 Å². The molecule has 0 spiro atoms. The lowest BCUT2D eigenvalue weighted by Crippen LogP contribution is -2.53. The summed E-state index contributed by atoms with van der Waals surface area (Å²) in [6.45, 7) is 5.23. The molecule has 2 rings (SSSR count). The van der Waals surface area contributed by atoms with Gasteiger partial charge in [-0.05, 0) is 54.9 Å². The number of methoxy groups -OCH3 is 1. The van der Waals surface area contributed by atoms with Gasteiger partial charge in [-0.1, -0.05) is 26.0 Å². The number of hydrogen-bond donors (Lipinski definition) is 3. The second-order valence-electron chi connectivity index (χ2n) is 8.78. The summed E-state index contributed by atoms with van der Waals surface area (Å²) in [5, 5.41) is 5.85. The SMILES string of the molecule is COc1ccc(CNC(=O)[C@@H](NC(=O)C2CCN(C(=O)[C@@H](N)CCSC)CC2)C(C)C)cc1. The van der Waals surface area contributed by atoms with Gasteiger partial charge in [0.25, 0.3) is 0 Å². The smallest absolute Gasteiger partial charge is 0.243 e. The van der Waals surface area contributed by atoms with E-state index in [1.807, 2.05) is 44.4 Å². The van der Waals surface area contributed by atoms with Crippen LogP contribution in [0.1, 0.15) is 38.7 Å². The fourth-order valence-electron chi connectivity index (χ4n) is 3.81. The highest BCUT2D eigenvalue weighted by Gasteiger charge is 2.32. The van der Waals surface area contributed by atoms with Crippen molar-refractivity contribution in [3.05, 3.63) is 29.8 Å². The Kier molecular flexibility index (Phi) is 11.0. The number of rotatable bonds is 11. The summed E-state index contributed by atoms with van der Waals surface area (Å²) < 4.78 is 5.15. The summed E-state index contributed by atoms with van der Waals surface area (Å²) in [7, 11) is 1.61. The number of hydrogen-bond acceptors (Lipinski definition) is 6. The van der Waals surface area contributed by atoms with Crippen LogP contribution in [0.25, 0.3) is 0 Å². The molecule has 0 saturated carbocycles. The van der Waals surface area contributed by atoms with Gasteiger partial charge < -0.3 is 26.0 Å². The Labute approximate surface area is 201 Å². The number of nitrogens with one attached hydrogen (secondary N) is 2. The fourth-order valence-corrected chi connectivity index (χ4v) is 4.30. The van der Waals surface area contributed by atoms with Crippen molar-refractivity contribution in [2.24, 2.45) is 17.6 Å². The monoisotopic (exact) mass is 478 g/mol. The van der Waals surface area contributed by atoms with Crippen molar-refractivity contribution in [1.29, 1.82) is 0 Å². The van der Waals surface area contributed by atoms with E-state index >= 15 is 0 Å². The normalized spacial score (nSPS) is 16.2. The summed E-state index contributed by atoms with van der Waals surface area (Å²) in [5.74, 6) is 0.956. The van der Waals surface area contributed by atoms with Crippen molar-refractivity contribution in [3.63, 3.8) is 0 Å². The molecule has 0 aromatic heterocycles. The predicted molar refractivity (Wildman–Crippen MR) is 132 cm³/mol. The summed E-state index contributed by atoms with van der Waals surface area (Å²) in [6, 6.07) is 6.37. The first-order valence-electron chi connectivity index (χ1n) is 11.5. The van der Waals surface area contributed by atoms with Gasteiger partial charge in [0.15, 0.2) is 0 Å². The number of amides is 3. The standard InChI is InChI=1S/C24H38N4O4S/c1-16(2)21(23(30)26-15-17-5-7-19(32-3)8-6-17)27-22(29)18-9-12-28(13-10-18)24(31)20(25)11-14-33-4/h5-8,16,18,20-21H,9-15,25H2,1-4H3,(H,26,30)(H,27,29)/t20-,21-/m0/s1. The van der Waals surface area contributed by atoms with Gasteiger partial charge in [-0.25, -0.2) is 0 Å². The van der Waals surface area contributed by atoms with E-state index in [0.29, 0.717) is 38.9 Å². The van der Waals surface area contributed by atoms with Crippen LogP contribution in [0.3, 0.4) is 0 Å². The molecule has 1 fully saturated rings. The average Bonchev–Trinajstić information content (AvgIpc) is 2.83. The van der Waals surface area contributed by atoms with E-state index in [-0.39, 0.29) is 29.6 Å². The van der Waals surface area contributed by atoms with E-state index in [4.69, 9.17) is 10.5 Å². The number of nitrogens with two attached hydrogens (primary N) is 1. The second kappa shape index (κ2) is 13.4. The first-order valence-corrected chi connectivity index (χ1v) is 12.9. The quantitative estimate of drug-likeness (QED) is 0.447. The number of piperidine rings is 1. The van der Waals surface area contributed by atoms with Crippen LogP contribution in [-0.2, 0) is 20.9 Å². The lowest BCUT2D eigenvalue weighted by molar-refractivity contribution is -0.137. The Morgan fingerprint density at radius 2 is 1.82 bits per heavy atom. The van der Waals surface area contributed by atoms with Crippen LogP contribution in [0, 0.1) is 11.8 Å². The minimum Gasteiger partial charge on any atom is -0.497 e. The highest BCUT2D eigenvalue weighted by molar-refractivity contribution is 7.98. The molecule has 1 saturated heterocycles. The van der Waals surface area contributed by atoms with E-state index < -0.39 is 12.1 Å². The predicted octanol–water partition coefficient (Wildman–Crippen LogP) is 1.77. The van der Waals surface area contributed by atoms with Crippen LogP contribution in [0.5, 0.6) is 5.75 Å². The van der Waals surface area contributed by atoms with E-state index in [1.54, 1.807) is 23.8 Å². The van der Waals surface area contributed by atoms with Crippen molar-refractivity contribution in [2.75, 3.05) is 32.2 Å². The van der Waals surface area contributed by atoms with Crippen LogP contribution in [0.4, 0.5) is 0 Å². The third kappa shape index (κ3) is 8.23. The van der Waals surface area contributed by atoms with Gasteiger partial charge in [-0.2, -0.15) is 11.8 Å². The molecule has 1 heterocycles. The van der Waals surface area contributed by atoms with Gasteiger partial charge >= 0.3 is 0 Å². The maximum absolute atomic E-state index is 12.9. The Balaban J connectivity index is 1.84. The van der Waals surface area contributed by atoms with Gasteiger partial charge in [-0.15, -0.1) is 0 Å². The number of nitrogens with zero attached hydrogens (tertiary/aromatic N) is 1. The Morgan fingerprint density at radius 1 is 1.18 bits per heavy atom. The zero-order chi connectivity index (χ0) is 24.4. The fraction of sp³-hybridized carbons (Fsp3) is 0.625. The Bertz CT molecular complexity index is 779. The van der Waals surface area contributed by atoms with Crippen LogP contribution in [0.2, 0.25) is 0 Å². The molecule has 4 N–H and O–H groups in total. The summed E-state index contributed by atoms with van der Waals surface area (Å²) in [4.78, 5) is 39.9. The zero-order valence-electron chi connectivity index (χ0n) is 20.1. The third-order valence-corrected chi connectivity index (χ3v) is 6.64. The molecule has 1 aliphatic heterocycles. The third-order valence-electron chi connectivity index (χ3n) is 6.00. The molecule has 0 aliphatic carbocycles. The van der Waals surface area contributed by atoms with Crippen molar-refractivity contribution in [2.45, 2.75) is 51.7 Å². The minimum atomic E-state index is -0.615. The number of carbonyl (C=O) groups excluding carboxylic acids is 3. The first-order chi connectivity index (χ1) is 15.8. The molecule has 1 aliphatic rings. The van der Waals surface area contributed by atoms with Crippen molar-refractivity contribution < 1.29 is 19.1 Å². The van der Waals surface area contributed by atoms with Crippen LogP contribution < -0.4 is 21.1 Å². The van der Waals surface area contributed by atoms with Gasteiger partial charge in [0.05, 0.1) is 13.2 Å². The summed E-state index contributed by atoms with van der Waals surface area (Å²) >= 11 is 1.67. The molecule has 0 radical (unpaired) electrons. The van der Waals surface area contributed by atoms with E-state index in [1.165, 1.54) is 0 Å². The molecule has 9 heteroatoms. The summed E-state index contributed by atoms with van der Waals surface area (Å²) in [6.07, 6.45) is 3.80. The van der Waals surface area contributed by atoms with Crippen molar-refractivity contribution in [1.82, 2.24) is 15.5 Å². The first kappa shape index (κ1) is 27.0. The van der Waals surface area contributed by atoms with Crippen LogP contribution >= 0.6 is 11.8 Å². The minimum absolute atomic E-state index is 0.0409. The molecule has 1 aromatic rings.